The van der Waals surface area contributed by atoms with E-state index in [9.17, 15) is 5.11 Å². The molecule has 3 aliphatic heterocycles. The first kappa shape index (κ1) is 22.4. The first-order chi connectivity index (χ1) is 13.1. The van der Waals surface area contributed by atoms with Gasteiger partial charge < -0.3 is 28.8 Å². The van der Waals surface area contributed by atoms with E-state index in [4.69, 9.17) is 23.7 Å². The predicted octanol–water partition coefficient (Wildman–Crippen LogP) is 3.56. The molecule has 28 heavy (non-hydrogen) atoms. The molecule has 3 saturated heterocycles. The molecule has 0 aliphatic carbocycles. The highest BCUT2D eigenvalue weighted by Crippen LogP contribution is 2.42. The first-order valence-electron chi connectivity index (χ1n) is 11.0. The van der Waals surface area contributed by atoms with Gasteiger partial charge in [0, 0.05) is 12.3 Å². The summed E-state index contributed by atoms with van der Waals surface area (Å²) in [5, 5.41) is 10.6. The average Bonchev–Trinajstić information content (AvgIpc) is 3.17. The van der Waals surface area contributed by atoms with Gasteiger partial charge in [0.25, 0.3) is 0 Å². The summed E-state index contributed by atoms with van der Waals surface area (Å²) in [4.78, 5) is 0. The van der Waals surface area contributed by atoms with Crippen molar-refractivity contribution in [3.63, 3.8) is 0 Å². The van der Waals surface area contributed by atoms with Crippen molar-refractivity contribution in [1.29, 1.82) is 0 Å². The van der Waals surface area contributed by atoms with Gasteiger partial charge in [-0.05, 0) is 30.6 Å². The first-order valence-corrected chi connectivity index (χ1v) is 11.0. The molecule has 3 heterocycles. The number of aliphatic hydroxyl groups is 1. The fourth-order valence-corrected chi connectivity index (χ4v) is 5.11. The Labute approximate surface area is 170 Å². The van der Waals surface area contributed by atoms with Gasteiger partial charge in [0.15, 0.2) is 12.1 Å². The van der Waals surface area contributed by atoms with Crippen LogP contribution in [0.4, 0.5) is 0 Å². The normalized spacial score (nSPS) is 51.2. The summed E-state index contributed by atoms with van der Waals surface area (Å²) in [7, 11) is 0. The molecule has 6 heteroatoms. The molecule has 0 aromatic carbocycles. The van der Waals surface area contributed by atoms with Gasteiger partial charge in [-0.1, -0.05) is 48.0 Å². The molecule has 0 spiro atoms. The summed E-state index contributed by atoms with van der Waals surface area (Å²) in [6.07, 6.45) is 0.683. The van der Waals surface area contributed by atoms with E-state index >= 15 is 0 Å². The predicted molar refractivity (Wildman–Crippen MR) is 105 cm³/mol. The van der Waals surface area contributed by atoms with Crippen LogP contribution in [-0.2, 0) is 23.7 Å². The van der Waals surface area contributed by atoms with Gasteiger partial charge in [-0.2, -0.15) is 0 Å². The number of rotatable bonds is 5. The van der Waals surface area contributed by atoms with Crippen LogP contribution in [0.2, 0.25) is 0 Å². The Morgan fingerprint density at radius 3 is 2.46 bits per heavy atom. The van der Waals surface area contributed by atoms with E-state index in [2.05, 4.69) is 41.5 Å². The van der Waals surface area contributed by atoms with Crippen molar-refractivity contribution in [2.45, 2.75) is 97.8 Å². The molecule has 6 nitrogen and oxygen atoms in total. The highest BCUT2D eigenvalue weighted by atomic mass is 16.7. The summed E-state index contributed by atoms with van der Waals surface area (Å²) >= 11 is 0. The van der Waals surface area contributed by atoms with Crippen molar-refractivity contribution in [2.24, 2.45) is 29.6 Å². The van der Waals surface area contributed by atoms with E-state index in [-0.39, 0.29) is 49.3 Å². The molecular formula is C22H40O6. The maximum atomic E-state index is 10.6. The largest absolute Gasteiger partial charge is 0.366 e. The third-order valence-corrected chi connectivity index (χ3v) is 7.38. The third kappa shape index (κ3) is 4.57. The van der Waals surface area contributed by atoms with Crippen LogP contribution in [0.25, 0.3) is 0 Å². The van der Waals surface area contributed by atoms with E-state index in [1.54, 1.807) is 6.92 Å². The van der Waals surface area contributed by atoms with Crippen LogP contribution >= 0.6 is 0 Å². The van der Waals surface area contributed by atoms with Crippen LogP contribution in [0, 0.1) is 29.6 Å². The standard InChI is InChI=1S/C22H40O6/c1-8-12(2)18-15(5)14(4)16(6)21(26-18)27-19-13(3)9-22(7,23)28-20(19)17-10-24-11-25-17/h12-21,23H,8-11H2,1-7H3/t12-,13+,14-,15-,16?,17+,18?,19+,20?,21+,22-/m0/s1. The molecule has 0 aromatic heterocycles. The maximum Gasteiger partial charge on any atom is 0.163 e. The minimum Gasteiger partial charge on any atom is -0.366 e. The van der Waals surface area contributed by atoms with Crippen molar-refractivity contribution in [3.05, 3.63) is 0 Å². The Bertz CT molecular complexity index is 505. The van der Waals surface area contributed by atoms with E-state index in [1.165, 1.54) is 0 Å². The number of hydrogen-bond donors (Lipinski definition) is 1. The van der Waals surface area contributed by atoms with Crippen molar-refractivity contribution in [3.8, 4) is 0 Å². The van der Waals surface area contributed by atoms with Gasteiger partial charge >= 0.3 is 0 Å². The fourth-order valence-electron chi connectivity index (χ4n) is 5.11. The van der Waals surface area contributed by atoms with Gasteiger partial charge in [0.05, 0.1) is 18.8 Å². The molecule has 0 amide bonds. The quantitative estimate of drug-likeness (QED) is 0.761. The van der Waals surface area contributed by atoms with E-state index in [0.717, 1.165) is 6.42 Å². The SMILES string of the molecule is CC[C@H](C)C1O[C@H](O[C@H]2C([C@H]3COCO3)O[C@](C)(O)C[C@H]2C)C(C)[C@@H](C)[C@@H]1C. The molecule has 1 N–H and O–H groups in total. The third-order valence-electron chi connectivity index (χ3n) is 7.38. The van der Waals surface area contributed by atoms with Gasteiger partial charge in [-0.25, -0.2) is 0 Å². The lowest BCUT2D eigenvalue weighted by atomic mass is 9.75. The molecule has 0 aromatic rings. The molecule has 164 valence electrons. The smallest absolute Gasteiger partial charge is 0.163 e. The second-order valence-electron chi connectivity index (χ2n) is 9.67. The summed E-state index contributed by atoms with van der Waals surface area (Å²) in [5.41, 5.74) is 0. The molecule has 0 radical (unpaired) electrons. The Balaban J connectivity index is 1.78. The molecule has 3 aliphatic rings. The van der Waals surface area contributed by atoms with Gasteiger partial charge in [-0.3, -0.25) is 0 Å². The Kier molecular flexibility index (Phi) is 7.11. The molecule has 3 fully saturated rings. The summed E-state index contributed by atoms with van der Waals surface area (Å²) in [5.74, 6) is 0.699. The lowest BCUT2D eigenvalue weighted by Crippen LogP contribution is -2.58. The zero-order valence-corrected chi connectivity index (χ0v) is 18.6. The molecular weight excluding hydrogens is 360 g/mol. The second-order valence-corrected chi connectivity index (χ2v) is 9.67. The van der Waals surface area contributed by atoms with Crippen LogP contribution in [0.5, 0.6) is 0 Å². The zero-order valence-electron chi connectivity index (χ0n) is 18.6. The van der Waals surface area contributed by atoms with Crippen LogP contribution in [0.3, 0.4) is 0 Å². The molecule has 11 atom stereocenters. The Hall–Kier alpha value is -0.240. The minimum absolute atomic E-state index is 0.116. The fraction of sp³-hybridized carbons (Fsp3) is 1.00. The summed E-state index contributed by atoms with van der Waals surface area (Å²) in [6, 6.07) is 0. The molecule has 0 bridgehead atoms. The second kappa shape index (κ2) is 8.86. The van der Waals surface area contributed by atoms with E-state index in [1.807, 2.05) is 0 Å². The van der Waals surface area contributed by atoms with Crippen molar-refractivity contribution in [2.75, 3.05) is 13.4 Å². The van der Waals surface area contributed by atoms with E-state index < -0.39 is 5.79 Å². The highest BCUT2D eigenvalue weighted by molar-refractivity contribution is 4.93. The monoisotopic (exact) mass is 400 g/mol. The van der Waals surface area contributed by atoms with E-state index in [0.29, 0.717) is 30.8 Å². The Morgan fingerprint density at radius 2 is 1.86 bits per heavy atom. The molecule has 3 rings (SSSR count). The van der Waals surface area contributed by atoms with Crippen LogP contribution in [0.1, 0.15) is 61.3 Å². The number of ether oxygens (including phenoxy) is 5. The molecule has 3 unspecified atom stereocenters. The van der Waals surface area contributed by atoms with Crippen molar-refractivity contribution >= 4 is 0 Å². The summed E-state index contributed by atoms with van der Waals surface area (Å²) < 4.78 is 30.3. The summed E-state index contributed by atoms with van der Waals surface area (Å²) in [6.45, 7) is 15.8. The lowest BCUT2D eigenvalue weighted by Gasteiger charge is -2.50. The van der Waals surface area contributed by atoms with Gasteiger partial charge in [0.2, 0.25) is 0 Å². The zero-order chi connectivity index (χ0) is 20.6. The lowest BCUT2D eigenvalue weighted by molar-refractivity contribution is -0.342. The average molecular weight is 401 g/mol. The van der Waals surface area contributed by atoms with Crippen LogP contribution < -0.4 is 0 Å². The minimum atomic E-state index is -1.18. The van der Waals surface area contributed by atoms with Gasteiger partial charge in [-0.15, -0.1) is 0 Å². The van der Waals surface area contributed by atoms with Gasteiger partial charge in [0.1, 0.15) is 19.0 Å². The number of hydrogen-bond acceptors (Lipinski definition) is 6. The van der Waals surface area contributed by atoms with Crippen molar-refractivity contribution in [1.82, 2.24) is 0 Å². The highest BCUT2D eigenvalue weighted by Gasteiger charge is 2.50. The topological polar surface area (TPSA) is 66.4 Å². The Morgan fingerprint density at radius 1 is 1.14 bits per heavy atom. The van der Waals surface area contributed by atoms with Crippen molar-refractivity contribution < 1.29 is 28.8 Å². The maximum absolute atomic E-state index is 10.6. The van der Waals surface area contributed by atoms with Crippen LogP contribution in [-0.4, -0.2) is 55.0 Å². The van der Waals surface area contributed by atoms with Crippen LogP contribution in [0.15, 0.2) is 0 Å². The molecule has 0 saturated carbocycles.